The van der Waals surface area contributed by atoms with Gasteiger partial charge in [-0.1, -0.05) is 43.9 Å². The fraction of sp³-hybridized carbons (Fsp3) is 0.667. The summed E-state index contributed by atoms with van der Waals surface area (Å²) in [5.74, 6) is -1.13. The highest BCUT2D eigenvalue weighted by molar-refractivity contribution is 8.01. The Labute approximate surface area is 119 Å². The molecule has 108 valence electrons. The Morgan fingerprint density at radius 2 is 2.05 bits per heavy atom. The highest BCUT2D eigenvalue weighted by atomic mass is 32.2. The average Bonchev–Trinajstić information content (AvgIpc) is 2.57. The summed E-state index contributed by atoms with van der Waals surface area (Å²) in [6, 6.07) is 0. The number of carboxylic acids is 1. The van der Waals surface area contributed by atoms with E-state index in [1.165, 1.54) is 0 Å². The molecule has 0 aliphatic rings. The Morgan fingerprint density at radius 1 is 1.42 bits per heavy atom. The van der Waals surface area contributed by atoms with E-state index in [2.05, 4.69) is 14.9 Å². The summed E-state index contributed by atoms with van der Waals surface area (Å²) in [4.78, 5) is 10.4. The first-order chi connectivity index (χ1) is 8.57. The van der Waals surface area contributed by atoms with Gasteiger partial charge in [0.15, 0.2) is 4.34 Å². The quantitative estimate of drug-likeness (QED) is 0.763. The maximum absolute atomic E-state index is 11.8. The third-order valence-electron chi connectivity index (χ3n) is 1.59. The molecule has 0 atom stereocenters. The Hall–Kier alpha value is -0.870. The van der Waals surface area contributed by atoms with Crippen LogP contribution in [0.1, 0.15) is 20.8 Å². The molecule has 0 saturated carbocycles. The zero-order chi connectivity index (χ0) is 14.7. The number of thioether (sulfide) groups is 1. The lowest BCUT2D eigenvalue weighted by molar-refractivity contribution is -0.133. The Bertz CT molecular complexity index is 547. The number of carbonyl (C=O) groups is 1. The molecule has 0 aliphatic heterocycles. The van der Waals surface area contributed by atoms with Gasteiger partial charge < -0.3 is 5.11 Å². The van der Waals surface area contributed by atoms with Gasteiger partial charge in [0, 0.05) is 0 Å². The minimum atomic E-state index is -3.48. The molecule has 0 unspecified atom stereocenters. The van der Waals surface area contributed by atoms with Crippen LogP contribution in [-0.4, -0.2) is 41.2 Å². The van der Waals surface area contributed by atoms with Crippen LogP contribution < -0.4 is 4.72 Å². The lowest BCUT2D eigenvalue weighted by Crippen LogP contribution is -2.26. The fourth-order valence-corrected chi connectivity index (χ4v) is 4.56. The molecular weight excluding hydrogens is 310 g/mol. The average molecular weight is 325 g/mol. The van der Waals surface area contributed by atoms with Gasteiger partial charge in [-0.15, -0.1) is 10.2 Å². The molecular formula is C9H15N3O4S3. The second kappa shape index (κ2) is 6.06. The van der Waals surface area contributed by atoms with Gasteiger partial charge in [-0.3, -0.25) is 9.52 Å². The summed E-state index contributed by atoms with van der Waals surface area (Å²) in [6.45, 7) is 5.46. The van der Waals surface area contributed by atoms with E-state index in [0.717, 1.165) is 23.1 Å². The molecule has 0 spiro atoms. The van der Waals surface area contributed by atoms with Gasteiger partial charge in [-0.25, -0.2) is 8.42 Å². The summed E-state index contributed by atoms with van der Waals surface area (Å²) < 4.78 is 26.4. The molecule has 0 aliphatic carbocycles. The number of nitrogens with one attached hydrogen (secondary N) is 1. The fourth-order valence-electron chi connectivity index (χ4n) is 1.17. The number of nitrogens with zero attached hydrogens (tertiary/aromatic N) is 2. The molecule has 7 nitrogen and oxygen atoms in total. The molecule has 1 aromatic rings. The van der Waals surface area contributed by atoms with Gasteiger partial charge in [0.2, 0.25) is 15.2 Å². The van der Waals surface area contributed by atoms with E-state index in [-0.39, 0.29) is 22.1 Å². The van der Waals surface area contributed by atoms with Crippen molar-refractivity contribution < 1.29 is 18.3 Å². The van der Waals surface area contributed by atoms with Crippen LogP contribution in [0.15, 0.2) is 4.34 Å². The van der Waals surface area contributed by atoms with Crippen molar-refractivity contribution in [2.45, 2.75) is 25.1 Å². The third-order valence-corrected chi connectivity index (χ3v) is 5.43. The molecule has 0 amide bonds. The van der Waals surface area contributed by atoms with Crippen LogP contribution in [0.5, 0.6) is 0 Å². The van der Waals surface area contributed by atoms with E-state index in [1.54, 1.807) is 0 Å². The van der Waals surface area contributed by atoms with Crippen LogP contribution in [0.4, 0.5) is 5.13 Å². The molecule has 0 fully saturated rings. The highest BCUT2D eigenvalue weighted by Crippen LogP contribution is 2.26. The van der Waals surface area contributed by atoms with Crippen molar-refractivity contribution >= 4 is 44.2 Å². The van der Waals surface area contributed by atoms with Crippen LogP contribution in [0.25, 0.3) is 0 Å². The Kier molecular flexibility index (Phi) is 5.16. The maximum atomic E-state index is 11.8. The summed E-state index contributed by atoms with van der Waals surface area (Å²) in [5, 5.41) is 16.1. The van der Waals surface area contributed by atoms with Gasteiger partial charge in [0.25, 0.3) is 0 Å². The van der Waals surface area contributed by atoms with Gasteiger partial charge in [0.1, 0.15) is 0 Å². The van der Waals surface area contributed by atoms with E-state index in [9.17, 15) is 13.2 Å². The number of carboxylic acid groups (broad SMARTS) is 1. The molecule has 1 rings (SSSR count). The van der Waals surface area contributed by atoms with Crippen LogP contribution in [0, 0.1) is 5.41 Å². The van der Waals surface area contributed by atoms with Crippen molar-refractivity contribution in [3.63, 3.8) is 0 Å². The first-order valence-electron chi connectivity index (χ1n) is 5.26. The number of aliphatic carboxylic acids is 1. The zero-order valence-corrected chi connectivity index (χ0v) is 13.2. The van der Waals surface area contributed by atoms with E-state index >= 15 is 0 Å². The highest BCUT2D eigenvalue weighted by Gasteiger charge is 2.22. The second-order valence-electron chi connectivity index (χ2n) is 4.98. The predicted octanol–water partition coefficient (Wildman–Crippen LogP) is 1.50. The second-order valence-corrected chi connectivity index (χ2v) is 8.90. The molecule has 2 N–H and O–H groups in total. The molecule has 1 heterocycles. The van der Waals surface area contributed by atoms with Crippen molar-refractivity contribution in [3.05, 3.63) is 0 Å². The minimum Gasteiger partial charge on any atom is -0.481 e. The summed E-state index contributed by atoms with van der Waals surface area (Å²) in [7, 11) is -3.48. The van der Waals surface area contributed by atoms with Crippen molar-refractivity contribution in [3.8, 4) is 0 Å². The van der Waals surface area contributed by atoms with E-state index in [4.69, 9.17) is 5.11 Å². The largest absolute Gasteiger partial charge is 0.481 e. The first kappa shape index (κ1) is 16.2. The number of hydrogen-bond acceptors (Lipinski definition) is 7. The van der Waals surface area contributed by atoms with Crippen LogP contribution in [0.2, 0.25) is 0 Å². The van der Waals surface area contributed by atoms with Gasteiger partial charge >= 0.3 is 5.97 Å². The number of rotatable bonds is 6. The van der Waals surface area contributed by atoms with Crippen molar-refractivity contribution in [1.29, 1.82) is 0 Å². The predicted molar refractivity (Wildman–Crippen MR) is 75.1 cm³/mol. The molecule has 19 heavy (non-hydrogen) atoms. The lowest BCUT2D eigenvalue weighted by Gasteiger charge is -2.17. The molecule has 0 aromatic carbocycles. The summed E-state index contributed by atoms with van der Waals surface area (Å²) in [6.07, 6.45) is 0. The number of anilines is 1. The number of hydrogen-bond donors (Lipinski definition) is 2. The minimum absolute atomic E-state index is 0.0306. The number of sulfonamides is 1. The molecule has 10 heteroatoms. The van der Waals surface area contributed by atoms with Crippen molar-refractivity contribution in [2.24, 2.45) is 5.41 Å². The standard InChI is InChI=1S/C9H15N3O4S3/c1-9(2,3)5-19(15,16)12-7-10-11-8(18-7)17-4-6(13)14/h4-5H2,1-3H3,(H,10,12)(H,13,14). The molecule has 0 bridgehead atoms. The Morgan fingerprint density at radius 3 is 2.58 bits per heavy atom. The van der Waals surface area contributed by atoms with E-state index in [1.807, 2.05) is 20.8 Å². The topological polar surface area (TPSA) is 109 Å². The van der Waals surface area contributed by atoms with Crippen molar-refractivity contribution in [2.75, 3.05) is 16.2 Å². The van der Waals surface area contributed by atoms with Crippen LogP contribution >= 0.6 is 23.1 Å². The lowest BCUT2D eigenvalue weighted by atomic mass is 10.0. The first-order valence-corrected chi connectivity index (χ1v) is 8.71. The summed E-state index contributed by atoms with van der Waals surface area (Å²) >= 11 is 2.01. The zero-order valence-electron chi connectivity index (χ0n) is 10.7. The van der Waals surface area contributed by atoms with E-state index in [0.29, 0.717) is 4.34 Å². The van der Waals surface area contributed by atoms with Crippen LogP contribution in [0.3, 0.4) is 0 Å². The van der Waals surface area contributed by atoms with Gasteiger partial charge in [0.05, 0.1) is 11.5 Å². The smallest absolute Gasteiger partial charge is 0.313 e. The van der Waals surface area contributed by atoms with Gasteiger partial charge in [-0.2, -0.15) is 0 Å². The molecule has 0 radical (unpaired) electrons. The molecule has 0 saturated heterocycles. The van der Waals surface area contributed by atoms with Crippen molar-refractivity contribution in [1.82, 2.24) is 10.2 Å². The maximum Gasteiger partial charge on any atom is 0.313 e. The van der Waals surface area contributed by atoms with Gasteiger partial charge in [-0.05, 0) is 5.41 Å². The normalized spacial score (nSPS) is 12.4. The van der Waals surface area contributed by atoms with Crippen LogP contribution in [-0.2, 0) is 14.8 Å². The Balaban J connectivity index is 2.65. The summed E-state index contributed by atoms with van der Waals surface area (Å²) in [5.41, 5.74) is -0.364. The molecule has 1 aromatic heterocycles. The number of aromatic nitrogens is 2. The monoisotopic (exact) mass is 325 g/mol. The van der Waals surface area contributed by atoms with E-state index < -0.39 is 16.0 Å². The SMILES string of the molecule is CC(C)(C)CS(=O)(=O)Nc1nnc(SCC(=O)O)s1. The third kappa shape index (κ3) is 6.73.